The maximum atomic E-state index is 12.0. The smallest absolute Gasteiger partial charge is 0.411 e. The molecule has 2 rings (SSSR count). The maximum absolute atomic E-state index is 12.0. The lowest BCUT2D eigenvalue weighted by Gasteiger charge is -2.38. The highest BCUT2D eigenvalue weighted by Gasteiger charge is 2.35. The van der Waals surface area contributed by atoms with Crippen LogP contribution in [0.5, 0.6) is 5.75 Å². The van der Waals surface area contributed by atoms with Gasteiger partial charge in [0.2, 0.25) is 5.91 Å². The third-order valence-electron chi connectivity index (χ3n) is 3.33. The standard InChI is InChI=1S/C15H19F3N2O3.ClH/c1-14(2)6-11(10-5-9(19)3-4-12(10)23-14)20-13(21)7-22-8-15(16,17)18;/h3-5,11H,6-8,19H2,1-2H3,(H,20,21);1H. The molecule has 1 heterocycles. The van der Waals surface area contributed by atoms with E-state index in [0.717, 1.165) is 0 Å². The first-order valence-electron chi connectivity index (χ1n) is 7.08. The lowest BCUT2D eigenvalue weighted by molar-refractivity contribution is -0.175. The number of rotatable bonds is 4. The zero-order valence-corrected chi connectivity index (χ0v) is 14.1. The van der Waals surface area contributed by atoms with E-state index in [4.69, 9.17) is 10.5 Å². The average Bonchev–Trinajstić information content (AvgIpc) is 2.37. The van der Waals surface area contributed by atoms with Crippen LogP contribution >= 0.6 is 12.4 Å². The summed E-state index contributed by atoms with van der Waals surface area (Å²) in [5, 5.41) is 2.68. The van der Waals surface area contributed by atoms with Crippen LogP contribution in [0.25, 0.3) is 0 Å². The van der Waals surface area contributed by atoms with E-state index in [1.165, 1.54) is 0 Å². The van der Waals surface area contributed by atoms with Crippen LogP contribution in [0.15, 0.2) is 18.2 Å². The number of nitrogen functional groups attached to an aromatic ring is 1. The number of carbonyl (C=O) groups excluding carboxylic acids is 1. The number of halogens is 4. The Bertz CT molecular complexity index is 594. The number of amides is 1. The fourth-order valence-electron chi connectivity index (χ4n) is 2.50. The molecule has 0 fully saturated rings. The van der Waals surface area contributed by atoms with E-state index in [9.17, 15) is 18.0 Å². The van der Waals surface area contributed by atoms with Crippen LogP contribution in [0.1, 0.15) is 31.9 Å². The Morgan fingerprint density at radius 2 is 2.12 bits per heavy atom. The van der Waals surface area contributed by atoms with Gasteiger partial charge in [0.05, 0.1) is 6.04 Å². The van der Waals surface area contributed by atoms with E-state index < -0.39 is 36.9 Å². The van der Waals surface area contributed by atoms with Crippen molar-refractivity contribution in [3.63, 3.8) is 0 Å². The molecule has 3 N–H and O–H groups in total. The van der Waals surface area contributed by atoms with Crippen molar-refractivity contribution < 1.29 is 27.4 Å². The molecule has 1 aliphatic heterocycles. The Kier molecular flexibility index (Phi) is 6.35. The molecule has 136 valence electrons. The SMILES string of the molecule is CC1(C)CC(NC(=O)COCC(F)(F)F)c2cc(N)ccc2O1.Cl. The predicted molar refractivity (Wildman–Crippen MR) is 85.2 cm³/mol. The average molecular weight is 369 g/mol. The molecular weight excluding hydrogens is 349 g/mol. The molecule has 0 aromatic heterocycles. The van der Waals surface area contributed by atoms with Crippen LogP contribution < -0.4 is 15.8 Å². The molecule has 0 spiro atoms. The van der Waals surface area contributed by atoms with Crippen molar-refractivity contribution in [1.29, 1.82) is 0 Å². The highest BCUT2D eigenvalue weighted by Crippen LogP contribution is 2.40. The molecule has 1 unspecified atom stereocenters. The number of benzene rings is 1. The van der Waals surface area contributed by atoms with Crippen LogP contribution in [0.2, 0.25) is 0 Å². The van der Waals surface area contributed by atoms with Crippen molar-refractivity contribution in [2.75, 3.05) is 18.9 Å². The predicted octanol–water partition coefficient (Wildman–Crippen LogP) is 2.99. The lowest BCUT2D eigenvalue weighted by Crippen LogP contribution is -2.42. The number of hydrogen-bond acceptors (Lipinski definition) is 4. The molecular formula is C15H20ClF3N2O3. The second-order valence-corrected chi connectivity index (χ2v) is 6.09. The zero-order chi connectivity index (χ0) is 17.3. The molecule has 0 radical (unpaired) electrons. The fraction of sp³-hybridized carbons (Fsp3) is 0.533. The summed E-state index contributed by atoms with van der Waals surface area (Å²) >= 11 is 0. The lowest BCUT2D eigenvalue weighted by atomic mass is 9.89. The number of alkyl halides is 3. The largest absolute Gasteiger partial charge is 0.487 e. The van der Waals surface area contributed by atoms with E-state index in [2.05, 4.69) is 10.1 Å². The van der Waals surface area contributed by atoms with Gasteiger partial charge in [-0.15, -0.1) is 12.4 Å². The summed E-state index contributed by atoms with van der Waals surface area (Å²) in [7, 11) is 0. The monoisotopic (exact) mass is 368 g/mol. The highest BCUT2D eigenvalue weighted by molar-refractivity contribution is 5.85. The molecule has 0 saturated carbocycles. The topological polar surface area (TPSA) is 73.6 Å². The molecule has 1 atom stereocenters. The van der Waals surface area contributed by atoms with Crippen LogP contribution in [0, 0.1) is 0 Å². The molecule has 5 nitrogen and oxygen atoms in total. The third kappa shape index (κ3) is 5.76. The number of nitrogens with two attached hydrogens (primary N) is 1. The molecule has 9 heteroatoms. The molecule has 0 bridgehead atoms. The quantitative estimate of drug-likeness (QED) is 0.801. The molecule has 0 saturated heterocycles. The van der Waals surface area contributed by atoms with Crippen LogP contribution in [-0.4, -0.2) is 30.9 Å². The summed E-state index contributed by atoms with van der Waals surface area (Å²) in [5.74, 6) is -0.0257. The first kappa shape index (κ1) is 20.4. The second-order valence-electron chi connectivity index (χ2n) is 6.09. The van der Waals surface area contributed by atoms with Gasteiger partial charge in [-0.2, -0.15) is 13.2 Å². The summed E-state index contributed by atoms with van der Waals surface area (Å²) < 4.78 is 46.3. The second kappa shape index (κ2) is 7.48. The van der Waals surface area contributed by atoms with Gasteiger partial charge in [0.25, 0.3) is 0 Å². The third-order valence-corrected chi connectivity index (χ3v) is 3.33. The number of ether oxygens (including phenoxy) is 2. The van der Waals surface area contributed by atoms with E-state index in [-0.39, 0.29) is 12.4 Å². The van der Waals surface area contributed by atoms with E-state index in [1.54, 1.807) is 18.2 Å². The van der Waals surface area contributed by atoms with Crippen LogP contribution in [-0.2, 0) is 9.53 Å². The Morgan fingerprint density at radius 1 is 1.46 bits per heavy atom. The van der Waals surface area contributed by atoms with Gasteiger partial charge in [0, 0.05) is 17.7 Å². The van der Waals surface area contributed by atoms with Crippen LogP contribution in [0.4, 0.5) is 18.9 Å². The van der Waals surface area contributed by atoms with Gasteiger partial charge < -0.3 is 20.5 Å². The Morgan fingerprint density at radius 3 is 2.75 bits per heavy atom. The Balaban J connectivity index is 0.00000288. The zero-order valence-electron chi connectivity index (χ0n) is 13.3. The van der Waals surface area contributed by atoms with E-state index in [0.29, 0.717) is 23.4 Å². The van der Waals surface area contributed by atoms with Crippen molar-refractivity contribution in [3.8, 4) is 5.75 Å². The Hall–Kier alpha value is -1.67. The summed E-state index contributed by atoms with van der Waals surface area (Å²) in [6.07, 6.45) is -3.99. The normalized spacial score (nSPS) is 18.8. The van der Waals surface area contributed by atoms with Gasteiger partial charge in [0.15, 0.2) is 0 Å². The summed E-state index contributed by atoms with van der Waals surface area (Å²) in [5.41, 5.74) is 6.45. The van der Waals surface area contributed by atoms with E-state index >= 15 is 0 Å². The van der Waals surface area contributed by atoms with Gasteiger partial charge in [-0.05, 0) is 32.0 Å². The highest BCUT2D eigenvalue weighted by atomic mass is 35.5. The number of fused-ring (bicyclic) bond motifs is 1. The molecule has 24 heavy (non-hydrogen) atoms. The fourth-order valence-corrected chi connectivity index (χ4v) is 2.50. The van der Waals surface area contributed by atoms with Crippen molar-refractivity contribution >= 4 is 24.0 Å². The van der Waals surface area contributed by atoms with Crippen molar-refractivity contribution in [1.82, 2.24) is 5.32 Å². The molecule has 1 aliphatic rings. The van der Waals surface area contributed by atoms with Crippen molar-refractivity contribution in [2.24, 2.45) is 0 Å². The molecule has 1 amide bonds. The van der Waals surface area contributed by atoms with Gasteiger partial charge in [0.1, 0.15) is 24.6 Å². The van der Waals surface area contributed by atoms with Gasteiger partial charge in [-0.3, -0.25) is 4.79 Å². The maximum Gasteiger partial charge on any atom is 0.411 e. The van der Waals surface area contributed by atoms with Gasteiger partial charge in [-0.1, -0.05) is 0 Å². The summed E-state index contributed by atoms with van der Waals surface area (Å²) in [4.78, 5) is 11.8. The molecule has 1 aromatic carbocycles. The summed E-state index contributed by atoms with van der Waals surface area (Å²) in [6.45, 7) is 1.62. The minimum Gasteiger partial charge on any atom is -0.487 e. The number of anilines is 1. The van der Waals surface area contributed by atoms with Gasteiger partial charge >= 0.3 is 6.18 Å². The molecule has 0 aliphatic carbocycles. The number of hydrogen-bond donors (Lipinski definition) is 2. The molecule has 1 aromatic rings. The number of nitrogens with one attached hydrogen (secondary N) is 1. The first-order chi connectivity index (χ1) is 10.6. The number of carbonyl (C=O) groups is 1. The van der Waals surface area contributed by atoms with Crippen LogP contribution in [0.3, 0.4) is 0 Å². The van der Waals surface area contributed by atoms with Gasteiger partial charge in [-0.25, -0.2) is 0 Å². The van der Waals surface area contributed by atoms with Crippen molar-refractivity contribution in [3.05, 3.63) is 23.8 Å². The summed E-state index contributed by atoms with van der Waals surface area (Å²) in [6, 6.07) is 4.68. The minimum atomic E-state index is -4.46. The first-order valence-corrected chi connectivity index (χ1v) is 7.08. The Labute approximate surface area is 144 Å². The van der Waals surface area contributed by atoms with E-state index in [1.807, 2.05) is 13.8 Å². The van der Waals surface area contributed by atoms with Crippen molar-refractivity contribution in [2.45, 2.75) is 38.1 Å². The minimum absolute atomic E-state index is 0.